The van der Waals surface area contributed by atoms with E-state index in [1.54, 1.807) is 18.4 Å². The van der Waals surface area contributed by atoms with Gasteiger partial charge in [0, 0.05) is 10.8 Å². The maximum Gasteiger partial charge on any atom is 0.137 e. The minimum Gasteiger partial charge on any atom is -0.495 e. The van der Waals surface area contributed by atoms with Crippen molar-refractivity contribution in [2.24, 2.45) is 0 Å². The van der Waals surface area contributed by atoms with Crippen LogP contribution in [0.5, 0.6) is 5.75 Å². The summed E-state index contributed by atoms with van der Waals surface area (Å²) in [6, 6.07) is 4.07. The average Bonchev–Trinajstić information content (AvgIpc) is 2.47. The van der Waals surface area contributed by atoms with Crippen molar-refractivity contribution in [3.05, 3.63) is 28.1 Å². The maximum atomic E-state index is 6.09. The van der Waals surface area contributed by atoms with Crippen LogP contribution in [0.2, 0.25) is 5.02 Å². The van der Waals surface area contributed by atoms with Gasteiger partial charge >= 0.3 is 0 Å². The van der Waals surface area contributed by atoms with E-state index in [1.165, 1.54) is 0 Å². The van der Waals surface area contributed by atoms with E-state index in [2.05, 4.69) is 6.07 Å². The lowest BCUT2D eigenvalue weighted by Gasteiger charge is -1.99. The highest BCUT2D eigenvalue weighted by Gasteiger charge is 2.07. The molecular weight excluding hydrogens is 204 g/mol. The van der Waals surface area contributed by atoms with Crippen LogP contribution in [0.15, 0.2) is 17.5 Å². The number of ether oxygens (including phenoxy) is 1. The van der Waals surface area contributed by atoms with Gasteiger partial charge in [0.1, 0.15) is 5.75 Å². The highest BCUT2D eigenvalue weighted by molar-refractivity contribution is 7.18. The van der Waals surface area contributed by atoms with E-state index in [0.29, 0.717) is 0 Å². The number of fused-ring (bicyclic) bond motifs is 1. The Morgan fingerprint density at radius 1 is 1.38 bits per heavy atom. The summed E-state index contributed by atoms with van der Waals surface area (Å²) in [7, 11) is 1.68. The molecule has 2 aromatic rings. The van der Waals surface area contributed by atoms with E-state index in [0.717, 1.165) is 26.4 Å². The van der Waals surface area contributed by atoms with Gasteiger partial charge in [0.2, 0.25) is 0 Å². The van der Waals surface area contributed by atoms with Crippen molar-refractivity contribution in [1.82, 2.24) is 0 Å². The molecule has 68 valence electrons. The van der Waals surface area contributed by atoms with Crippen LogP contribution in [-0.4, -0.2) is 7.11 Å². The molecule has 0 spiro atoms. The Balaban J connectivity index is 2.82. The minimum atomic E-state index is 0.809. The quantitative estimate of drug-likeness (QED) is 0.697. The molecule has 13 heavy (non-hydrogen) atoms. The standard InChI is InChI=1S/C10H9ClOS/c1-6-3-7-9(12-2)5-13-10(7)8(11)4-6/h3-5H,1-2H3. The number of methoxy groups -OCH3 is 1. The second kappa shape index (κ2) is 3.20. The lowest BCUT2D eigenvalue weighted by Crippen LogP contribution is -1.80. The molecule has 0 radical (unpaired) electrons. The van der Waals surface area contributed by atoms with Crippen molar-refractivity contribution >= 4 is 33.0 Å². The second-order valence-corrected chi connectivity index (χ2v) is 4.21. The zero-order valence-electron chi connectivity index (χ0n) is 7.43. The number of hydrogen-bond acceptors (Lipinski definition) is 2. The van der Waals surface area contributed by atoms with Crippen molar-refractivity contribution in [1.29, 1.82) is 0 Å². The molecule has 1 heterocycles. The molecular formula is C10H9ClOS. The molecule has 0 saturated heterocycles. The predicted octanol–water partition coefficient (Wildman–Crippen LogP) is 3.87. The third-order valence-electron chi connectivity index (χ3n) is 1.96. The van der Waals surface area contributed by atoms with Crippen molar-refractivity contribution in [3.63, 3.8) is 0 Å². The summed E-state index contributed by atoms with van der Waals surface area (Å²) in [6.45, 7) is 2.03. The van der Waals surface area contributed by atoms with Gasteiger partial charge in [0.15, 0.2) is 0 Å². The molecule has 0 unspecified atom stereocenters. The van der Waals surface area contributed by atoms with Gasteiger partial charge in [-0.2, -0.15) is 0 Å². The van der Waals surface area contributed by atoms with Crippen LogP contribution in [0.25, 0.3) is 10.1 Å². The third kappa shape index (κ3) is 1.40. The molecule has 1 aromatic carbocycles. The Hall–Kier alpha value is -0.730. The minimum absolute atomic E-state index is 0.809. The number of hydrogen-bond donors (Lipinski definition) is 0. The highest BCUT2D eigenvalue weighted by Crippen LogP contribution is 2.37. The van der Waals surface area contributed by atoms with Gasteiger partial charge in [-0.05, 0) is 24.6 Å². The fraction of sp³-hybridized carbons (Fsp3) is 0.200. The van der Waals surface area contributed by atoms with Crippen LogP contribution in [0.4, 0.5) is 0 Å². The number of thiophene rings is 1. The van der Waals surface area contributed by atoms with E-state index in [4.69, 9.17) is 16.3 Å². The second-order valence-electron chi connectivity index (χ2n) is 2.93. The summed E-state index contributed by atoms with van der Waals surface area (Å²) in [5.74, 6) is 0.908. The van der Waals surface area contributed by atoms with Crippen LogP contribution in [0, 0.1) is 6.92 Å². The first-order chi connectivity index (χ1) is 6.22. The Morgan fingerprint density at radius 3 is 2.85 bits per heavy atom. The van der Waals surface area contributed by atoms with Crippen molar-refractivity contribution in [2.45, 2.75) is 6.92 Å². The monoisotopic (exact) mass is 212 g/mol. The molecule has 0 bridgehead atoms. The van der Waals surface area contributed by atoms with E-state index in [9.17, 15) is 0 Å². The Morgan fingerprint density at radius 2 is 2.15 bits per heavy atom. The molecule has 2 rings (SSSR count). The first-order valence-electron chi connectivity index (χ1n) is 3.93. The summed E-state index contributed by atoms with van der Waals surface area (Å²) in [5, 5.41) is 3.90. The van der Waals surface area contributed by atoms with Crippen LogP contribution >= 0.6 is 22.9 Å². The molecule has 0 aliphatic heterocycles. The zero-order chi connectivity index (χ0) is 9.42. The molecule has 0 N–H and O–H groups in total. The molecule has 0 atom stereocenters. The highest BCUT2D eigenvalue weighted by atomic mass is 35.5. The van der Waals surface area contributed by atoms with E-state index in [-0.39, 0.29) is 0 Å². The van der Waals surface area contributed by atoms with Gasteiger partial charge in [-0.3, -0.25) is 0 Å². The SMILES string of the molecule is COc1csc2c(Cl)cc(C)cc12. The fourth-order valence-corrected chi connectivity index (χ4v) is 2.68. The van der Waals surface area contributed by atoms with Gasteiger partial charge in [-0.25, -0.2) is 0 Å². The summed E-state index contributed by atoms with van der Waals surface area (Å²) in [5.41, 5.74) is 1.16. The average molecular weight is 213 g/mol. The molecule has 0 amide bonds. The Kier molecular flexibility index (Phi) is 2.18. The first kappa shape index (κ1) is 8.85. The topological polar surface area (TPSA) is 9.23 Å². The Bertz CT molecular complexity index is 447. The normalized spacial score (nSPS) is 10.7. The third-order valence-corrected chi connectivity index (χ3v) is 3.37. The van der Waals surface area contributed by atoms with E-state index < -0.39 is 0 Å². The smallest absolute Gasteiger partial charge is 0.137 e. The summed E-state index contributed by atoms with van der Waals surface area (Å²) in [4.78, 5) is 0. The van der Waals surface area contributed by atoms with Crippen LogP contribution in [0.3, 0.4) is 0 Å². The van der Waals surface area contributed by atoms with Gasteiger partial charge in [-0.15, -0.1) is 11.3 Å². The summed E-state index contributed by atoms with van der Waals surface area (Å²) < 4.78 is 6.33. The van der Waals surface area contributed by atoms with Crippen LogP contribution in [-0.2, 0) is 0 Å². The molecule has 0 fully saturated rings. The largest absolute Gasteiger partial charge is 0.495 e. The van der Waals surface area contributed by atoms with E-state index in [1.807, 2.05) is 18.4 Å². The van der Waals surface area contributed by atoms with Crippen LogP contribution in [0.1, 0.15) is 5.56 Å². The summed E-state index contributed by atoms with van der Waals surface area (Å²) >= 11 is 7.70. The fourth-order valence-electron chi connectivity index (χ4n) is 1.37. The Labute approximate surface area is 85.9 Å². The summed E-state index contributed by atoms with van der Waals surface area (Å²) in [6.07, 6.45) is 0. The van der Waals surface area contributed by atoms with Crippen molar-refractivity contribution < 1.29 is 4.74 Å². The molecule has 0 aliphatic carbocycles. The van der Waals surface area contributed by atoms with Gasteiger partial charge in [-0.1, -0.05) is 11.6 Å². The maximum absolute atomic E-state index is 6.09. The van der Waals surface area contributed by atoms with E-state index >= 15 is 0 Å². The number of halogens is 1. The lowest BCUT2D eigenvalue weighted by molar-refractivity contribution is 0.421. The zero-order valence-corrected chi connectivity index (χ0v) is 9.00. The molecule has 1 nitrogen and oxygen atoms in total. The van der Waals surface area contributed by atoms with Crippen LogP contribution < -0.4 is 4.74 Å². The first-order valence-corrected chi connectivity index (χ1v) is 5.19. The molecule has 1 aromatic heterocycles. The number of rotatable bonds is 1. The lowest BCUT2D eigenvalue weighted by atomic mass is 10.2. The van der Waals surface area contributed by atoms with Crippen molar-refractivity contribution in [2.75, 3.05) is 7.11 Å². The molecule has 0 saturated carbocycles. The molecule has 3 heteroatoms. The number of benzene rings is 1. The number of aryl methyl sites for hydroxylation is 1. The molecule has 0 aliphatic rings. The van der Waals surface area contributed by atoms with Gasteiger partial charge in [0.25, 0.3) is 0 Å². The van der Waals surface area contributed by atoms with Crippen molar-refractivity contribution in [3.8, 4) is 5.75 Å². The predicted molar refractivity (Wildman–Crippen MR) is 58.1 cm³/mol. The van der Waals surface area contributed by atoms with Gasteiger partial charge in [0.05, 0.1) is 16.8 Å². The van der Waals surface area contributed by atoms with Gasteiger partial charge < -0.3 is 4.74 Å².